The molecule has 2 atom stereocenters. The highest BCUT2D eigenvalue weighted by atomic mass is 35.5. The number of ether oxygens (including phenoxy) is 1. The first kappa shape index (κ1) is 16.6. The summed E-state index contributed by atoms with van der Waals surface area (Å²) in [6, 6.07) is 6.69. The number of likely N-dealkylation sites (tertiary alicyclic amines) is 1. The number of carboxylic acid groups (broad SMARTS) is 1. The van der Waals surface area contributed by atoms with Crippen molar-refractivity contribution in [2.24, 2.45) is 0 Å². The van der Waals surface area contributed by atoms with Gasteiger partial charge in [0.15, 0.2) is 6.61 Å². The summed E-state index contributed by atoms with van der Waals surface area (Å²) in [5.41, 5.74) is 0.958. The number of hydrogen-bond donors (Lipinski definition) is 1. The molecule has 0 aliphatic carbocycles. The van der Waals surface area contributed by atoms with Crippen molar-refractivity contribution in [2.45, 2.75) is 37.9 Å². The van der Waals surface area contributed by atoms with E-state index in [0.29, 0.717) is 22.9 Å². The fourth-order valence-electron chi connectivity index (χ4n) is 3.72. The predicted molar refractivity (Wildman–Crippen MR) is 89.0 cm³/mol. The number of carbonyl (C=O) groups is 1. The molecule has 2 fully saturated rings. The second kappa shape index (κ2) is 7.07. The van der Waals surface area contributed by atoms with Gasteiger partial charge in [0, 0.05) is 42.3 Å². The number of aliphatic carboxylic acids is 1. The Morgan fingerprint density at radius 2 is 2.13 bits per heavy atom. The summed E-state index contributed by atoms with van der Waals surface area (Å²) < 4.78 is 5.41. The van der Waals surface area contributed by atoms with Gasteiger partial charge in [0.1, 0.15) is 5.75 Å². The molecule has 0 saturated carbocycles. The minimum atomic E-state index is -0.973. The van der Waals surface area contributed by atoms with Crippen molar-refractivity contribution in [1.29, 1.82) is 0 Å². The topological polar surface area (TPSA) is 53.0 Å². The standard InChI is InChI=1S/C17H23ClN2O3/c1-19-14-3-4-15(19)10-20(7-6-14)9-12-8-13(18)2-5-16(12)23-11-17(21)22/h2,5,8,14-15H,3-4,6-7,9-11H2,1H3,(H,21,22)/t14-,15+/m1/s1. The zero-order chi connectivity index (χ0) is 16.4. The van der Waals surface area contributed by atoms with Gasteiger partial charge >= 0.3 is 5.97 Å². The van der Waals surface area contributed by atoms with E-state index in [9.17, 15) is 4.79 Å². The second-order valence-corrected chi connectivity index (χ2v) is 6.95. The highest BCUT2D eigenvalue weighted by Gasteiger charge is 2.34. The lowest BCUT2D eigenvalue weighted by atomic mass is 10.1. The first-order valence-corrected chi connectivity index (χ1v) is 8.48. The Bertz CT molecular complexity index is 581. The van der Waals surface area contributed by atoms with Crippen LogP contribution in [-0.4, -0.2) is 59.7 Å². The van der Waals surface area contributed by atoms with E-state index >= 15 is 0 Å². The molecule has 5 nitrogen and oxygen atoms in total. The summed E-state index contributed by atoms with van der Waals surface area (Å²) in [5.74, 6) is -0.362. The van der Waals surface area contributed by atoms with E-state index in [4.69, 9.17) is 21.4 Å². The quantitative estimate of drug-likeness (QED) is 0.894. The van der Waals surface area contributed by atoms with Crippen LogP contribution in [0, 0.1) is 0 Å². The van der Waals surface area contributed by atoms with Crippen molar-refractivity contribution < 1.29 is 14.6 Å². The molecule has 6 heteroatoms. The van der Waals surface area contributed by atoms with Crippen LogP contribution in [0.5, 0.6) is 5.75 Å². The van der Waals surface area contributed by atoms with Crippen LogP contribution in [0.4, 0.5) is 0 Å². The number of halogens is 1. The van der Waals surface area contributed by atoms with Crippen LogP contribution in [-0.2, 0) is 11.3 Å². The van der Waals surface area contributed by atoms with Gasteiger partial charge in [0.05, 0.1) is 0 Å². The maximum atomic E-state index is 10.7. The van der Waals surface area contributed by atoms with Crippen LogP contribution in [0.25, 0.3) is 0 Å². The lowest BCUT2D eigenvalue weighted by Crippen LogP contribution is -2.36. The minimum absolute atomic E-state index is 0.331. The Balaban J connectivity index is 1.71. The van der Waals surface area contributed by atoms with Gasteiger partial charge < -0.3 is 9.84 Å². The van der Waals surface area contributed by atoms with Crippen molar-refractivity contribution in [1.82, 2.24) is 9.80 Å². The van der Waals surface area contributed by atoms with E-state index in [0.717, 1.165) is 25.2 Å². The van der Waals surface area contributed by atoms with Gasteiger partial charge in [-0.25, -0.2) is 4.79 Å². The number of likely N-dealkylation sites (N-methyl/N-ethyl adjacent to an activating group) is 1. The number of fused-ring (bicyclic) bond motifs is 2. The van der Waals surface area contributed by atoms with E-state index in [1.807, 2.05) is 6.07 Å². The molecule has 0 spiro atoms. The molecule has 2 saturated heterocycles. The maximum absolute atomic E-state index is 10.7. The van der Waals surface area contributed by atoms with Crippen molar-refractivity contribution in [3.8, 4) is 5.75 Å². The van der Waals surface area contributed by atoms with Crippen LogP contribution in [0.1, 0.15) is 24.8 Å². The van der Waals surface area contributed by atoms with E-state index in [1.54, 1.807) is 12.1 Å². The SMILES string of the molecule is CN1[C@@H]2CC[C@H]1CN(Cc1cc(Cl)ccc1OCC(=O)O)CC2. The summed E-state index contributed by atoms with van der Waals surface area (Å²) in [5, 5.41) is 9.46. The molecule has 3 rings (SSSR count). The third-order valence-electron chi connectivity index (χ3n) is 5.00. The van der Waals surface area contributed by atoms with Crippen LogP contribution in [0.15, 0.2) is 18.2 Å². The molecule has 1 aromatic rings. The van der Waals surface area contributed by atoms with Crippen LogP contribution in [0.2, 0.25) is 5.02 Å². The van der Waals surface area contributed by atoms with Crippen molar-refractivity contribution in [3.63, 3.8) is 0 Å². The van der Waals surface area contributed by atoms with Gasteiger partial charge in [0.2, 0.25) is 0 Å². The van der Waals surface area contributed by atoms with E-state index in [1.165, 1.54) is 19.3 Å². The molecule has 2 heterocycles. The Labute approximate surface area is 141 Å². The number of rotatable bonds is 5. The first-order valence-electron chi connectivity index (χ1n) is 8.10. The lowest BCUT2D eigenvalue weighted by Gasteiger charge is -2.26. The fourth-order valence-corrected chi connectivity index (χ4v) is 3.91. The van der Waals surface area contributed by atoms with Gasteiger partial charge in [0.25, 0.3) is 0 Å². The second-order valence-electron chi connectivity index (χ2n) is 6.51. The molecule has 126 valence electrons. The zero-order valence-corrected chi connectivity index (χ0v) is 14.1. The molecule has 2 bridgehead atoms. The number of carboxylic acids is 1. The Morgan fingerprint density at radius 1 is 1.35 bits per heavy atom. The van der Waals surface area contributed by atoms with Crippen molar-refractivity contribution >= 4 is 17.6 Å². The summed E-state index contributed by atoms with van der Waals surface area (Å²) in [4.78, 5) is 15.7. The predicted octanol–water partition coefficient (Wildman–Crippen LogP) is 2.47. The lowest BCUT2D eigenvalue weighted by molar-refractivity contribution is -0.139. The molecule has 0 aromatic heterocycles. The van der Waals surface area contributed by atoms with Crippen LogP contribution in [0.3, 0.4) is 0 Å². The van der Waals surface area contributed by atoms with Crippen LogP contribution >= 0.6 is 11.6 Å². The molecule has 23 heavy (non-hydrogen) atoms. The van der Waals surface area contributed by atoms with Gasteiger partial charge in [-0.2, -0.15) is 0 Å². The molecular weight excluding hydrogens is 316 g/mol. The molecule has 1 N–H and O–H groups in total. The molecular formula is C17H23ClN2O3. The Morgan fingerprint density at radius 3 is 2.91 bits per heavy atom. The average molecular weight is 339 g/mol. The third kappa shape index (κ3) is 3.97. The van der Waals surface area contributed by atoms with Gasteiger partial charge in [-0.1, -0.05) is 11.6 Å². The first-order chi connectivity index (χ1) is 11.0. The molecule has 0 amide bonds. The molecule has 2 aliphatic heterocycles. The summed E-state index contributed by atoms with van der Waals surface area (Å²) in [7, 11) is 2.23. The summed E-state index contributed by atoms with van der Waals surface area (Å²) in [6.45, 7) is 2.50. The molecule has 0 unspecified atom stereocenters. The summed E-state index contributed by atoms with van der Waals surface area (Å²) >= 11 is 6.12. The number of benzene rings is 1. The average Bonchev–Trinajstić information content (AvgIpc) is 2.74. The number of hydrogen-bond acceptors (Lipinski definition) is 4. The molecule has 0 radical (unpaired) electrons. The van der Waals surface area contributed by atoms with Crippen molar-refractivity contribution in [3.05, 3.63) is 28.8 Å². The normalized spacial score (nSPS) is 25.3. The smallest absolute Gasteiger partial charge is 0.341 e. The molecule has 2 aliphatic rings. The van der Waals surface area contributed by atoms with E-state index in [2.05, 4.69) is 16.8 Å². The fraction of sp³-hybridized carbons (Fsp3) is 0.588. The highest BCUT2D eigenvalue weighted by Crippen LogP contribution is 2.30. The number of nitrogens with zero attached hydrogens (tertiary/aromatic N) is 2. The van der Waals surface area contributed by atoms with Crippen molar-refractivity contribution in [2.75, 3.05) is 26.7 Å². The largest absolute Gasteiger partial charge is 0.482 e. The third-order valence-corrected chi connectivity index (χ3v) is 5.24. The van der Waals surface area contributed by atoms with E-state index in [-0.39, 0.29) is 6.61 Å². The van der Waals surface area contributed by atoms with Gasteiger partial charge in [-0.15, -0.1) is 0 Å². The zero-order valence-electron chi connectivity index (χ0n) is 13.4. The minimum Gasteiger partial charge on any atom is -0.482 e. The molecule has 1 aromatic carbocycles. The van der Waals surface area contributed by atoms with Gasteiger partial charge in [-0.05, 0) is 44.5 Å². The highest BCUT2D eigenvalue weighted by molar-refractivity contribution is 6.30. The van der Waals surface area contributed by atoms with Gasteiger partial charge in [-0.3, -0.25) is 9.80 Å². The maximum Gasteiger partial charge on any atom is 0.341 e. The summed E-state index contributed by atoms with van der Waals surface area (Å²) in [6.07, 6.45) is 3.74. The monoisotopic (exact) mass is 338 g/mol. The van der Waals surface area contributed by atoms with E-state index < -0.39 is 5.97 Å². The van der Waals surface area contributed by atoms with Crippen LogP contribution < -0.4 is 4.74 Å². The Kier molecular flexibility index (Phi) is 5.09. The Hall–Kier alpha value is -1.30.